The first kappa shape index (κ1) is 15.8. The zero-order valence-electron chi connectivity index (χ0n) is 14.0. The summed E-state index contributed by atoms with van der Waals surface area (Å²) in [5.41, 5.74) is 8.41. The van der Waals surface area contributed by atoms with Crippen LogP contribution in [0.25, 0.3) is 0 Å². The predicted molar refractivity (Wildman–Crippen MR) is 92.0 cm³/mol. The van der Waals surface area contributed by atoms with Gasteiger partial charge in [0.15, 0.2) is 0 Å². The van der Waals surface area contributed by atoms with Gasteiger partial charge >= 0.3 is 0 Å². The third kappa shape index (κ3) is 3.19. The minimum atomic E-state index is 0.270. The maximum absolute atomic E-state index is 3.53. The maximum atomic E-state index is 3.53. The van der Waals surface area contributed by atoms with E-state index in [2.05, 4.69) is 76.5 Å². The van der Waals surface area contributed by atoms with Crippen molar-refractivity contribution in [2.24, 2.45) is 0 Å². The molecule has 0 heterocycles. The molecule has 0 fully saturated rings. The van der Waals surface area contributed by atoms with Crippen molar-refractivity contribution >= 4 is 0 Å². The molecule has 1 heteroatoms. The average molecular weight is 281 g/mol. The van der Waals surface area contributed by atoms with E-state index in [0.29, 0.717) is 0 Å². The minimum absolute atomic E-state index is 0.270. The van der Waals surface area contributed by atoms with Crippen LogP contribution in [-0.4, -0.2) is 7.05 Å². The molecule has 21 heavy (non-hydrogen) atoms. The lowest BCUT2D eigenvalue weighted by Gasteiger charge is -2.23. The molecular formula is C20H27N. The molecule has 2 rings (SSSR count). The monoisotopic (exact) mass is 281 g/mol. The second-order valence-corrected chi connectivity index (χ2v) is 5.75. The summed E-state index contributed by atoms with van der Waals surface area (Å²) in [6, 6.07) is 13.8. The van der Waals surface area contributed by atoms with Gasteiger partial charge in [-0.2, -0.15) is 0 Å². The number of hydrogen-bond acceptors (Lipinski definition) is 1. The van der Waals surface area contributed by atoms with Crippen molar-refractivity contribution in [3.63, 3.8) is 0 Å². The van der Waals surface area contributed by atoms with Crippen molar-refractivity contribution < 1.29 is 0 Å². The number of rotatable bonds is 5. The van der Waals surface area contributed by atoms with Crippen LogP contribution < -0.4 is 5.32 Å². The SMILES string of the molecule is CCc1ccc(CC)c(C(NC)c2cccc(C)c2C)c1. The highest BCUT2D eigenvalue weighted by Crippen LogP contribution is 2.29. The lowest BCUT2D eigenvalue weighted by Crippen LogP contribution is -2.20. The molecule has 0 saturated carbocycles. The lowest BCUT2D eigenvalue weighted by atomic mass is 9.88. The van der Waals surface area contributed by atoms with Crippen LogP contribution in [0.15, 0.2) is 36.4 Å². The molecule has 1 N–H and O–H groups in total. The Bertz CT molecular complexity index is 613. The van der Waals surface area contributed by atoms with E-state index in [-0.39, 0.29) is 6.04 Å². The van der Waals surface area contributed by atoms with Crippen LogP contribution >= 0.6 is 0 Å². The molecule has 0 aromatic heterocycles. The van der Waals surface area contributed by atoms with Gasteiger partial charge in [-0.1, -0.05) is 50.2 Å². The van der Waals surface area contributed by atoms with E-state index in [1.165, 1.54) is 33.4 Å². The third-order valence-corrected chi connectivity index (χ3v) is 4.56. The van der Waals surface area contributed by atoms with Crippen molar-refractivity contribution in [3.8, 4) is 0 Å². The number of aryl methyl sites for hydroxylation is 3. The minimum Gasteiger partial charge on any atom is -0.309 e. The van der Waals surface area contributed by atoms with Gasteiger partial charge in [-0.3, -0.25) is 0 Å². The fourth-order valence-electron chi connectivity index (χ4n) is 3.02. The van der Waals surface area contributed by atoms with Crippen LogP contribution in [0.1, 0.15) is 53.3 Å². The van der Waals surface area contributed by atoms with Gasteiger partial charge in [0.05, 0.1) is 6.04 Å². The Morgan fingerprint density at radius 3 is 2.33 bits per heavy atom. The molecule has 1 atom stereocenters. The molecule has 0 radical (unpaired) electrons. The standard InChI is InChI=1S/C20H27N/c1-6-16-11-12-17(7-2)19(13-16)20(21-5)18-10-8-9-14(3)15(18)4/h8-13,20-21H,6-7H2,1-5H3. The normalized spacial score (nSPS) is 12.4. The van der Waals surface area contributed by atoms with Gasteiger partial charge in [0.25, 0.3) is 0 Å². The fourth-order valence-corrected chi connectivity index (χ4v) is 3.02. The molecule has 0 aliphatic heterocycles. The Morgan fingerprint density at radius 2 is 1.71 bits per heavy atom. The van der Waals surface area contributed by atoms with Crippen LogP contribution in [0.3, 0.4) is 0 Å². The maximum Gasteiger partial charge on any atom is 0.0579 e. The summed E-state index contributed by atoms with van der Waals surface area (Å²) in [7, 11) is 2.06. The number of benzene rings is 2. The Kier molecular flexibility index (Phi) is 5.19. The summed E-state index contributed by atoms with van der Waals surface area (Å²) >= 11 is 0. The Balaban J connectivity index is 2.57. The molecule has 1 unspecified atom stereocenters. The summed E-state index contributed by atoms with van der Waals surface area (Å²) in [4.78, 5) is 0. The number of hydrogen-bond donors (Lipinski definition) is 1. The van der Waals surface area contributed by atoms with Gasteiger partial charge < -0.3 is 5.32 Å². The summed E-state index contributed by atoms with van der Waals surface area (Å²) < 4.78 is 0. The number of nitrogens with one attached hydrogen (secondary N) is 1. The van der Waals surface area contributed by atoms with E-state index in [1.807, 2.05) is 0 Å². The third-order valence-electron chi connectivity index (χ3n) is 4.56. The van der Waals surface area contributed by atoms with Crippen molar-refractivity contribution in [1.29, 1.82) is 0 Å². The Hall–Kier alpha value is -1.60. The highest BCUT2D eigenvalue weighted by atomic mass is 14.9. The first-order valence-electron chi connectivity index (χ1n) is 7.97. The molecule has 0 aliphatic carbocycles. The highest BCUT2D eigenvalue weighted by molar-refractivity contribution is 5.44. The molecule has 2 aromatic carbocycles. The van der Waals surface area contributed by atoms with Crippen LogP contribution in [0, 0.1) is 13.8 Å². The van der Waals surface area contributed by atoms with Crippen molar-refractivity contribution in [2.75, 3.05) is 7.05 Å². The zero-order valence-corrected chi connectivity index (χ0v) is 14.0. The van der Waals surface area contributed by atoms with Crippen LogP contribution in [0.5, 0.6) is 0 Å². The van der Waals surface area contributed by atoms with Gasteiger partial charge in [-0.25, -0.2) is 0 Å². The summed E-state index contributed by atoms with van der Waals surface area (Å²) in [5, 5.41) is 3.53. The van der Waals surface area contributed by atoms with Crippen molar-refractivity contribution in [2.45, 2.75) is 46.6 Å². The summed E-state index contributed by atoms with van der Waals surface area (Å²) in [6.45, 7) is 8.87. The average Bonchev–Trinajstić information content (AvgIpc) is 2.52. The molecule has 0 bridgehead atoms. The summed E-state index contributed by atoms with van der Waals surface area (Å²) in [5.74, 6) is 0. The van der Waals surface area contributed by atoms with E-state index < -0.39 is 0 Å². The van der Waals surface area contributed by atoms with E-state index in [0.717, 1.165) is 12.8 Å². The van der Waals surface area contributed by atoms with E-state index >= 15 is 0 Å². The van der Waals surface area contributed by atoms with Gasteiger partial charge in [-0.05, 0) is 67.1 Å². The molecular weight excluding hydrogens is 254 g/mol. The zero-order chi connectivity index (χ0) is 15.4. The van der Waals surface area contributed by atoms with Crippen molar-refractivity contribution in [1.82, 2.24) is 5.32 Å². The molecule has 0 aliphatic rings. The molecule has 0 amide bonds. The quantitative estimate of drug-likeness (QED) is 0.835. The summed E-state index contributed by atoms with van der Waals surface area (Å²) in [6.07, 6.45) is 2.16. The first-order chi connectivity index (χ1) is 10.1. The lowest BCUT2D eigenvalue weighted by molar-refractivity contribution is 0.678. The molecule has 0 spiro atoms. The van der Waals surface area contributed by atoms with Crippen LogP contribution in [0.4, 0.5) is 0 Å². The first-order valence-corrected chi connectivity index (χ1v) is 7.97. The largest absolute Gasteiger partial charge is 0.309 e. The molecule has 1 nitrogen and oxygen atoms in total. The fraction of sp³-hybridized carbons (Fsp3) is 0.400. The van der Waals surface area contributed by atoms with Crippen LogP contribution in [-0.2, 0) is 12.8 Å². The topological polar surface area (TPSA) is 12.0 Å². The van der Waals surface area contributed by atoms with Gasteiger partial charge in [0.1, 0.15) is 0 Å². The smallest absolute Gasteiger partial charge is 0.0579 e. The van der Waals surface area contributed by atoms with Crippen molar-refractivity contribution in [3.05, 3.63) is 69.8 Å². The van der Waals surface area contributed by atoms with Gasteiger partial charge in [-0.15, -0.1) is 0 Å². The van der Waals surface area contributed by atoms with E-state index in [4.69, 9.17) is 0 Å². The Labute approximate surface area is 129 Å². The molecule has 2 aromatic rings. The highest BCUT2D eigenvalue weighted by Gasteiger charge is 2.18. The Morgan fingerprint density at radius 1 is 0.952 bits per heavy atom. The van der Waals surface area contributed by atoms with E-state index in [1.54, 1.807) is 0 Å². The van der Waals surface area contributed by atoms with E-state index in [9.17, 15) is 0 Å². The van der Waals surface area contributed by atoms with Gasteiger partial charge in [0, 0.05) is 0 Å². The molecule has 112 valence electrons. The molecule has 0 saturated heterocycles. The second kappa shape index (κ2) is 6.91. The van der Waals surface area contributed by atoms with Gasteiger partial charge in [0.2, 0.25) is 0 Å². The van der Waals surface area contributed by atoms with Crippen LogP contribution in [0.2, 0.25) is 0 Å². The predicted octanol–water partition coefficient (Wildman–Crippen LogP) is 4.74. The second-order valence-electron chi connectivity index (χ2n) is 5.75.